The van der Waals surface area contributed by atoms with Crippen LogP contribution in [0.4, 0.5) is 0 Å². The van der Waals surface area contributed by atoms with E-state index in [4.69, 9.17) is 0 Å². The predicted molar refractivity (Wildman–Crippen MR) is 75.2 cm³/mol. The lowest BCUT2D eigenvalue weighted by Crippen LogP contribution is -1.79. The van der Waals surface area contributed by atoms with Crippen LogP contribution in [0.25, 0.3) is 9.75 Å². The molecule has 0 fully saturated rings. The Kier molecular flexibility index (Phi) is 4.21. The quantitative estimate of drug-likeness (QED) is 0.637. The number of hydrogen-bond donors (Lipinski definition) is 1. The van der Waals surface area contributed by atoms with Crippen molar-refractivity contribution in [3.63, 3.8) is 0 Å². The molecule has 0 atom stereocenters. The van der Waals surface area contributed by atoms with Gasteiger partial charge in [-0.3, -0.25) is 4.79 Å². The molecular weight excluding hydrogens is 256 g/mol. The van der Waals surface area contributed by atoms with Crippen molar-refractivity contribution in [3.8, 4) is 9.75 Å². The Labute approximate surface area is 109 Å². The third-order valence-corrected chi connectivity index (χ3v) is 4.90. The average molecular weight is 268 g/mol. The van der Waals surface area contributed by atoms with Crippen LogP contribution in [0.1, 0.15) is 21.0 Å². The molecule has 0 N–H and O–H groups in total. The second-order valence-corrected chi connectivity index (χ2v) is 6.14. The van der Waals surface area contributed by atoms with Gasteiger partial charge in [-0.25, -0.2) is 0 Å². The number of rotatable bonds is 5. The Morgan fingerprint density at radius 2 is 1.88 bits per heavy atom. The summed E-state index contributed by atoms with van der Waals surface area (Å²) in [6.07, 6.45) is 3.12. The molecule has 4 heteroatoms. The summed E-state index contributed by atoms with van der Waals surface area (Å²) in [7, 11) is 0. The zero-order valence-corrected chi connectivity index (χ0v) is 11.2. The van der Waals surface area contributed by atoms with Gasteiger partial charge in [0, 0.05) is 14.6 Å². The van der Waals surface area contributed by atoms with E-state index in [2.05, 4.69) is 24.8 Å². The van der Waals surface area contributed by atoms with Gasteiger partial charge < -0.3 is 0 Å². The van der Waals surface area contributed by atoms with Crippen molar-refractivity contribution >= 4 is 41.6 Å². The van der Waals surface area contributed by atoms with E-state index in [0.29, 0.717) is 0 Å². The maximum atomic E-state index is 10.6. The zero-order chi connectivity index (χ0) is 11.4. The van der Waals surface area contributed by atoms with Crippen LogP contribution in [0.5, 0.6) is 0 Å². The van der Waals surface area contributed by atoms with Crippen LogP contribution in [0, 0.1) is 0 Å². The van der Waals surface area contributed by atoms with Gasteiger partial charge in [-0.1, -0.05) is 0 Å². The number of aldehydes is 1. The first-order chi connectivity index (χ1) is 7.83. The molecule has 0 aliphatic rings. The minimum atomic E-state index is 0.792. The van der Waals surface area contributed by atoms with E-state index in [0.717, 1.165) is 29.8 Å². The number of carbonyl (C=O) groups is 1. The third-order valence-electron chi connectivity index (χ3n) is 2.23. The maximum Gasteiger partial charge on any atom is 0.160 e. The van der Waals surface area contributed by atoms with Crippen molar-refractivity contribution in [1.29, 1.82) is 0 Å². The summed E-state index contributed by atoms with van der Waals surface area (Å²) in [6.45, 7) is 0. The topological polar surface area (TPSA) is 17.1 Å². The molecule has 2 heterocycles. The van der Waals surface area contributed by atoms with E-state index < -0.39 is 0 Å². The van der Waals surface area contributed by atoms with Crippen LogP contribution >= 0.6 is 35.3 Å². The van der Waals surface area contributed by atoms with Crippen LogP contribution in [0.2, 0.25) is 0 Å². The van der Waals surface area contributed by atoms with Gasteiger partial charge in [-0.05, 0) is 42.9 Å². The largest absolute Gasteiger partial charge is 0.297 e. The normalized spacial score (nSPS) is 10.6. The molecule has 0 unspecified atom stereocenters. The third kappa shape index (κ3) is 2.75. The van der Waals surface area contributed by atoms with Crippen molar-refractivity contribution in [1.82, 2.24) is 0 Å². The second-order valence-electron chi connectivity index (χ2n) is 3.41. The molecule has 0 spiro atoms. The van der Waals surface area contributed by atoms with Crippen LogP contribution in [0.3, 0.4) is 0 Å². The maximum absolute atomic E-state index is 10.6. The van der Waals surface area contributed by atoms with E-state index in [9.17, 15) is 4.79 Å². The van der Waals surface area contributed by atoms with Crippen LogP contribution in [-0.4, -0.2) is 12.0 Å². The molecule has 0 aliphatic heterocycles. The summed E-state index contributed by atoms with van der Waals surface area (Å²) in [4.78, 5) is 15.2. The van der Waals surface area contributed by atoms with Crippen molar-refractivity contribution in [2.24, 2.45) is 0 Å². The fourth-order valence-corrected chi connectivity index (χ4v) is 3.57. The smallest absolute Gasteiger partial charge is 0.160 e. The molecule has 2 rings (SSSR count). The Morgan fingerprint density at radius 3 is 2.56 bits per heavy atom. The van der Waals surface area contributed by atoms with Gasteiger partial charge in [0.2, 0.25) is 0 Å². The summed E-state index contributed by atoms with van der Waals surface area (Å²) < 4.78 is 0. The molecule has 2 aromatic heterocycles. The van der Waals surface area contributed by atoms with Gasteiger partial charge in [0.1, 0.15) is 0 Å². The molecule has 0 radical (unpaired) electrons. The summed E-state index contributed by atoms with van der Waals surface area (Å²) in [5, 5.41) is 0. The molecule has 1 nitrogen and oxygen atoms in total. The zero-order valence-electron chi connectivity index (χ0n) is 8.68. The predicted octanol–water partition coefficient (Wildman–Crippen LogP) is 4.15. The lowest BCUT2D eigenvalue weighted by Gasteiger charge is -1.92. The molecule has 16 heavy (non-hydrogen) atoms. The van der Waals surface area contributed by atoms with E-state index in [-0.39, 0.29) is 0 Å². The molecule has 0 bridgehead atoms. The molecule has 0 aliphatic carbocycles. The Hall–Kier alpha value is -0.580. The minimum absolute atomic E-state index is 0.792. The standard InChI is InChI=1S/C12H12OS3/c13-8-10-4-6-12(16-10)11-5-3-9(15-11)2-1-7-14/h3-6,8,14H,1-2,7H2. The highest BCUT2D eigenvalue weighted by atomic mass is 32.1. The van der Waals surface area contributed by atoms with E-state index in [1.807, 2.05) is 23.5 Å². The van der Waals surface area contributed by atoms with Crippen LogP contribution < -0.4 is 0 Å². The summed E-state index contributed by atoms with van der Waals surface area (Å²) in [6, 6.07) is 8.20. The highest BCUT2D eigenvalue weighted by Crippen LogP contribution is 2.33. The van der Waals surface area contributed by atoms with Crippen LogP contribution in [0.15, 0.2) is 24.3 Å². The van der Waals surface area contributed by atoms with Crippen molar-refractivity contribution in [2.45, 2.75) is 12.8 Å². The molecular formula is C12H12OS3. The second kappa shape index (κ2) is 5.66. The average Bonchev–Trinajstić information content (AvgIpc) is 2.94. The monoisotopic (exact) mass is 268 g/mol. The van der Waals surface area contributed by atoms with Gasteiger partial charge >= 0.3 is 0 Å². The molecule has 0 saturated carbocycles. The summed E-state index contributed by atoms with van der Waals surface area (Å²) in [5.41, 5.74) is 0. The SMILES string of the molecule is O=Cc1ccc(-c2ccc(CCCS)s2)s1. The number of aryl methyl sites for hydroxylation is 1. The Morgan fingerprint density at radius 1 is 1.12 bits per heavy atom. The first kappa shape index (κ1) is 11.9. The Bertz CT molecular complexity index is 470. The first-order valence-corrected chi connectivity index (χ1v) is 7.35. The van der Waals surface area contributed by atoms with Crippen molar-refractivity contribution < 1.29 is 4.79 Å². The van der Waals surface area contributed by atoms with Gasteiger partial charge in [0.15, 0.2) is 6.29 Å². The molecule has 0 aromatic carbocycles. The van der Waals surface area contributed by atoms with Crippen molar-refractivity contribution in [2.75, 3.05) is 5.75 Å². The first-order valence-electron chi connectivity index (χ1n) is 5.08. The summed E-state index contributed by atoms with van der Waals surface area (Å²) in [5.74, 6) is 0.932. The number of thiophene rings is 2. The number of carbonyl (C=O) groups excluding carboxylic acids is 1. The molecule has 0 amide bonds. The molecule has 2 aromatic rings. The fraction of sp³-hybridized carbons (Fsp3) is 0.250. The van der Waals surface area contributed by atoms with Gasteiger partial charge in [-0.15, -0.1) is 22.7 Å². The van der Waals surface area contributed by atoms with E-state index in [1.165, 1.54) is 14.6 Å². The minimum Gasteiger partial charge on any atom is -0.297 e. The Balaban J connectivity index is 2.14. The molecule has 0 saturated heterocycles. The van der Waals surface area contributed by atoms with Crippen molar-refractivity contribution in [3.05, 3.63) is 34.0 Å². The number of thiol groups is 1. The highest BCUT2D eigenvalue weighted by Gasteiger charge is 2.05. The van der Waals surface area contributed by atoms with Gasteiger partial charge in [0.25, 0.3) is 0 Å². The fourth-order valence-electron chi connectivity index (χ4n) is 1.45. The molecule has 84 valence electrons. The van der Waals surface area contributed by atoms with E-state index in [1.54, 1.807) is 11.3 Å². The number of hydrogen-bond acceptors (Lipinski definition) is 4. The van der Waals surface area contributed by atoms with E-state index >= 15 is 0 Å². The van der Waals surface area contributed by atoms with Crippen LogP contribution in [-0.2, 0) is 6.42 Å². The highest BCUT2D eigenvalue weighted by molar-refractivity contribution is 7.80. The van der Waals surface area contributed by atoms with Gasteiger partial charge in [-0.2, -0.15) is 12.6 Å². The lowest BCUT2D eigenvalue weighted by molar-refractivity contribution is 0.112. The lowest BCUT2D eigenvalue weighted by atomic mass is 10.3. The summed E-state index contributed by atoms with van der Waals surface area (Å²) >= 11 is 7.57. The van der Waals surface area contributed by atoms with Gasteiger partial charge in [0.05, 0.1) is 4.88 Å².